The molecule has 2 N–H and O–H groups in total. The monoisotopic (exact) mass is 264 g/mol. The minimum Gasteiger partial charge on any atom is -0.496 e. The first kappa shape index (κ1) is 16.0. The van der Waals surface area contributed by atoms with E-state index >= 15 is 0 Å². The van der Waals surface area contributed by atoms with Gasteiger partial charge in [0.15, 0.2) is 0 Å². The SMILES string of the molecule is COc1ccc(C(C)C)cc1CCN(C)CC(C)N. The third-order valence-corrected chi connectivity index (χ3v) is 3.33. The van der Waals surface area contributed by atoms with Gasteiger partial charge in [0.2, 0.25) is 0 Å². The first-order chi connectivity index (χ1) is 8.93. The molecule has 0 spiro atoms. The van der Waals surface area contributed by atoms with Gasteiger partial charge in [-0.2, -0.15) is 0 Å². The number of hydrogen-bond acceptors (Lipinski definition) is 3. The number of nitrogens with zero attached hydrogens (tertiary/aromatic N) is 1. The Hall–Kier alpha value is -1.06. The highest BCUT2D eigenvalue weighted by Crippen LogP contribution is 2.24. The molecular weight excluding hydrogens is 236 g/mol. The average molecular weight is 264 g/mol. The first-order valence-corrected chi connectivity index (χ1v) is 7.05. The quantitative estimate of drug-likeness (QED) is 0.823. The van der Waals surface area contributed by atoms with Gasteiger partial charge in [0, 0.05) is 19.1 Å². The third-order valence-electron chi connectivity index (χ3n) is 3.33. The lowest BCUT2D eigenvalue weighted by atomic mass is 9.99. The van der Waals surface area contributed by atoms with Gasteiger partial charge >= 0.3 is 0 Å². The lowest BCUT2D eigenvalue weighted by Crippen LogP contribution is -2.34. The summed E-state index contributed by atoms with van der Waals surface area (Å²) in [5, 5.41) is 0. The van der Waals surface area contributed by atoms with E-state index in [4.69, 9.17) is 10.5 Å². The van der Waals surface area contributed by atoms with Crippen LogP contribution in [0.15, 0.2) is 18.2 Å². The fourth-order valence-electron chi connectivity index (χ4n) is 2.25. The van der Waals surface area contributed by atoms with Gasteiger partial charge in [0.1, 0.15) is 5.75 Å². The molecule has 0 bridgehead atoms. The smallest absolute Gasteiger partial charge is 0.122 e. The predicted molar refractivity (Wildman–Crippen MR) is 81.9 cm³/mol. The number of ether oxygens (including phenoxy) is 1. The van der Waals surface area contributed by atoms with Crippen molar-refractivity contribution < 1.29 is 4.74 Å². The van der Waals surface area contributed by atoms with E-state index in [0.717, 1.165) is 25.3 Å². The van der Waals surface area contributed by atoms with Crippen LogP contribution < -0.4 is 10.5 Å². The van der Waals surface area contributed by atoms with E-state index in [2.05, 4.69) is 44.0 Å². The van der Waals surface area contributed by atoms with Crippen LogP contribution in [0.25, 0.3) is 0 Å². The normalized spacial score (nSPS) is 13.1. The topological polar surface area (TPSA) is 38.5 Å². The molecule has 3 heteroatoms. The summed E-state index contributed by atoms with van der Waals surface area (Å²) in [5.74, 6) is 1.53. The summed E-state index contributed by atoms with van der Waals surface area (Å²) < 4.78 is 5.45. The number of rotatable bonds is 7. The van der Waals surface area contributed by atoms with Crippen molar-refractivity contribution in [1.29, 1.82) is 0 Å². The molecule has 0 aliphatic carbocycles. The molecule has 0 fully saturated rings. The summed E-state index contributed by atoms with van der Waals surface area (Å²) in [6.07, 6.45) is 0.993. The van der Waals surface area contributed by atoms with E-state index < -0.39 is 0 Å². The Morgan fingerprint density at radius 3 is 2.47 bits per heavy atom. The molecule has 0 aromatic heterocycles. The van der Waals surface area contributed by atoms with Crippen molar-refractivity contribution in [3.05, 3.63) is 29.3 Å². The molecule has 0 heterocycles. The summed E-state index contributed by atoms with van der Waals surface area (Å²) in [7, 11) is 3.85. The fourth-order valence-corrected chi connectivity index (χ4v) is 2.25. The van der Waals surface area contributed by atoms with Crippen molar-refractivity contribution in [2.45, 2.75) is 39.2 Å². The molecule has 0 saturated carbocycles. The third kappa shape index (κ3) is 5.21. The second-order valence-corrected chi connectivity index (χ2v) is 5.72. The Morgan fingerprint density at radius 2 is 1.95 bits per heavy atom. The molecule has 3 nitrogen and oxygen atoms in total. The summed E-state index contributed by atoms with van der Waals surface area (Å²) in [4.78, 5) is 2.27. The fraction of sp³-hybridized carbons (Fsp3) is 0.625. The minimum atomic E-state index is 0.217. The maximum absolute atomic E-state index is 5.82. The van der Waals surface area contributed by atoms with Crippen LogP contribution in [-0.4, -0.2) is 38.2 Å². The van der Waals surface area contributed by atoms with Gasteiger partial charge < -0.3 is 15.4 Å². The van der Waals surface area contributed by atoms with Crippen molar-refractivity contribution in [3.8, 4) is 5.75 Å². The van der Waals surface area contributed by atoms with E-state index in [-0.39, 0.29) is 6.04 Å². The number of likely N-dealkylation sites (N-methyl/N-ethyl adjacent to an activating group) is 1. The zero-order valence-electron chi connectivity index (χ0n) is 12.9. The standard InChI is InChI=1S/C16H28N2O/c1-12(2)14-6-7-16(19-5)15(10-14)8-9-18(4)11-13(3)17/h6-7,10,12-13H,8-9,11,17H2,1-5H3. The molecule has 0 radical (unpaired) electrons. The van der Waals surface area contributed by atoms with Gasteiger partial charge in [-0.25, -0.2) is 0 Å². The van der Waals surface area contributed by atoms with Crippen LogP contribution in [0.1, 0.15) is 37.8 Å². The summed E-state index contributed by atoms with van der Waals surface area (Å²) >= 11 is 0. The van der Waals surface area contributed by atoms with Gasteiger partial charge in [-0.15, -0.1) is 0 Å². The van der Waals surface area contributed by atoms with Crippen molar-refractivity contribution >= 4 is 0 Å². The minimum absolute atomic E-state index is 0.217. The van der Waals surface area contributed by atoms with Crippen LogP contribution in [0.2, 0.25) is 0 Å². The van der Waals surface area contributed by atoms with Crippen LogP contribution >= 0.6 is 0 Å². The number of methoxy groups -OCH3 is 1. The molecule has 0 amide bonds. The van der Waals surface area contributed by atoms with E-state index in [1.54, 1.807) is 7.11 Å². The van der Waals surface area contributed by atoms with Crippen LogP contribution in [0.5, 0.6) is 5.75 Å². The summed E-state index contributed by atoms with van der Waals surface area (Å²) in [5.41, 5.74) is 8.46. The molecule has 108 valence electrons. The maximum atomic E-state index is 5.82. The molecule has 1 aromatic carbocycles. The molecule has 1 rings (SSSR count). The van der Waals surface area contributed by atoms with Crippen LogP contribution in [0.3, 0.4) is 0 Å². The Labute approximate surface area is 117 Å². The lowest BCUT2D eigenvalue weighted by molar-refractivity contribution is 0.318. The Morgan fingerprint density at radius 1 is 1.26 bits per heavy atom. The highest BCUT2D eigenvalue weighted by molar-refractivity contribution is 5.38. The Balaban J connectivity index is 2.72. The summed E-state index contributed by atoms with van der Waals surface area (Å²) in [6, 6.07) is 6.71. The van der Waals surface area contributed by atoms with E-state index in [1.807, 2.05) is 6.92 Å². The van der Waals surface area contributed by atoms with Gasteiger partial charge in [0.25, 0.3) is 0 Å². The van der Waals surface area contributed by atoms with Gasteiger partial charge in [-0.05, 0) is 43.5 Å². The molecule has 0 aliphatic heterocycles. The zero-order chi connectivity index (χ0) is 14.4. The molecule has 19 heavy (non-hydrogen) atoms. The van der Waals surface area contributed by atoms with Gasteiger partial charge in [-0.1, -0.05) is 26.0 Å². The highest BCUT2D eigenvalue weighted by Gasteiger charge is 2.09. The number of hydrogen-bond donors (Lipinski definition) is 1. The van der Waals surface area contributed by atoms with Crippen molar-refractivity contribution in [2.75, 3.05) is 27.2 Å². The molecule has 0 saturated heterocycles. The predicted octanol–water partition coefficient (Wildman–Crippen LogP) is 2.64. The lowest BCUT2D eigenvalue weighted by Gasteiger charge is -2.20. The Bertz CT molecular complexity index is 388. The summed E-state index contributed by atoms with van der Waals surface area (Å²) in [6.45, 7) is 8.39. The van der Waals surface area contributed by atoms with Crippen molar-refractivity contribution in [1.82, 2.24) is 4.90 Å². The van der Waals surface area contributed by atoms with Crippen molar-refractivity contribution in [2.24, 2.45) is 5.73 Å². The Kier molecular flexibility index (Phi) is 6.32. The zero-order valence-corrected chi connectivity index (χ0v) is 12.9. The van der Waals surface area contributed by atoms with E-state index in [1.165, 1.54) is 11.1 Å². The number of nitrogens with two attached hydrogens (primary N) is 1. The average Bonchev–Trinajstić information content (AvgIpc) is 2.35. The van der Waals surface area contributed by atoms with Crippen molar-refractivity contribution in [3.63, 3.8) is 0 Å². The molecule has 1 aromatic rings. The van der Waals surface area contributed by atoms with Crippen LogP contribution in [-0.2, 0) is 6.42 Å². The number of benzene rings is 1. The molecule has 1 unspecified atom stereocenters. The highest BCUT2D eigenvalue weighted by atomic mass is 16.5. The molecule has 1 atom stereocenters. The second kappa shape index (κ2) is 7.51. The van der Waals surface area contributed by atoms with Crippen LogP contribution in [0.4, 0.5) is 0 Å². The largest absolute Gasteiger partial charge is 0.496 e. The van der Waals surface area contributed by atoms with Crippen LogP contribution in [0, 0.1) is 0 Å². The first-order valence-electron chi connectivity index (χ1n) is 7.05. The second-order valence-electron chi connectivity index (χ2n) is 5.72. The molecular formula is C16H28N2O. The molecule has 0 aliphatic rings. The van der Waals surface area contributed by atoms with Gasteiger partial charge in [-0.3, -0.25) is 0 Å². The van der Waals surface area contributed by atoms with E-state index in [0.29, 0.717) is 5.92 Å². The van der Waals surface area contributed by atoms with Gasteiger partial charge in [0.05, 0.1) is 7.11 Å². The maximum Gasteiger partial charge on any atom is 0.122 e. The van der Waals surface area contributed by atoms with E-state index in [9.17, 15) is 0 Å².